The van der Waals surface area contributed by atoms with Crippen molar-refractivity contribution in [1.82, 2.24) is 10.2 Å². The van der Waals surface area contributed by atoms with Crippen LogP contribution in [0, 0.1) is 0 Å². The molecule has 11 heteroatoms. The van der Waals surface area contributed by atoms with Gasteiger partial charge in [0.05, 0.1) is 0 Å². The van der Waals surface area contributed by atoms with Crippen LogP contribution in [-0.2, 0) is 19.1 Å². The summed E-state index contributed by atoms with van der Waals surface area (Å²) in [5.41, 5.74) is 9.99. The van der Waals surface area contributed by atoms with E-state index in [1.807, 2.05) is 6.08 Å². The van der Waals surface area contributed by atoms with Crippen molar-refractivity contribution in [2.45, 2.75) is 90.5 Å². The van der Waals surface area contributed by atoms with E-state index >= 15 is 0 Å². The van der Waals surface area contributed by atoms with Gasteiger partial charge in [0.1, 0.15) is 11.7 Å². The van der Waals surface area contributed by atoms with Crippen molar-refractivity contribution < 1.29 is 28.0 Å². The Morgan fingerprint density at radius 1 is 1.24 bits per heavy atom. The number of nitrogens with zero attached hydrogens (tertiary/aromatic N) is 3. The average Bonchev–Trinajstić information content (AvgIpc) is 2.68. The van der Waals surface area contributed by atoms with Gasteiger partial charge in [-0.1, -0.05) is 25.3 Å². The molecule has 2 amide bonds. The van der Waals surface area contributed by atoms with Gasteiger partial charge in [0.15, 0.2) is 5.96 Å². The lowest BCUT2D eigenvalue weighted by Crippen LogP contribution is -2.51. The molecule has 1 rings (SSSR count). The molecule has 0 aromatic rings. The maximum Gasteiger partial charge on any atom is 0.437 e. The zero-order valence-corrected chi connectivity index (χ0v) is 19.8. The van der Waals surface area contributed by atoms with Crippen LogP contribution in [0.4, 0.5) is 4.79 Å². The largest absolute Gasteiger partial charge is 0.455 e. The normalized spacial score (nSPS) is 26.0. The standard InChI is InChI=1S/C22H38N6O5/c1-15-13-11-9-7-6-8-10-12-14-16(29)25-20(27-21(31)33-22(2,3)4)28(5)17(18(30)32-15)26-19(23)24/h11,13,15,17H,6-10,12,14H2,1-5H3,(H4,23,24,26)(H,25,27,29,31)/b13-11+/i5D3. The Labute approximate surface area is 199 Å². The van der Waals surface area contributed by atoms with Crippen LogP contribution in [0.1, 0.15) is 76.8 Å². The smallest absolute Gasteiger partial charge is 0.437 e. The van der Waals surface area contributed by atoms with Crippen LogP contribution in [-0.4, -0.2) is 59.6 Å². The zero-order valence-electron chi connectivity index (χ0n) is 22.8. The Balaban J connectivity index is 3.60. The number of rotatable bonds is 1. The van der Waals surface area contributed by atoms with Gasteiger partial charge in [0.25, 0.3) is 0 Å². The minimum absolute atomic E-state index is 0.0382. The van der Waals surface area contributed by atoms with Gasteiger partial charge < -0.3 is 25.8 Å². The summed E-state index contributed by atoms with van der Waals surface area (Å²) in [5, 5.41) is 2.32. The van der Waals surface area contributed by atoms with Gasteiger partial charge in [0.2, 0.25) is 18.0 Å². The Morgan fingerprint density at radius 3 is 2.55 bits per heavy atom. The molecule has 1 heterocycles. The number of hydrogen-bond donors (Lipinski definition) is 3. The molecule has 1 aliphatic heterocycles. The summed E-state index contributed by atoms with van der Waals surface area (Å²) in [6.45, 7) is 3.20. The molecule has 0 aromatic carbocycles. The second-order valence-electron chi connectivity index (χ2n) is 8.64. The Bertz CT molecular complexity index is 863. The highest BCUT2D eigenvalue weighted by molar-refractivity contribution is 6.02. The zero-order chi connectivity index (χ0) is 27.5. The Morgan fingerprint density at radius 2 is 1.91 bits per heavy atom. The first-order valence-electron chi connectivity index (χ1n) is 12.5. The van der Waals surface area contributed by atoms with Crippen molar-refractivity contribution in [3.8, 4) is 0 Å². The molecule has 2 unspecified atom stereocenters. The molecule has 2 atom stereocenters. The number of aliphatic imine (C=N–C) groups is 2. The highest BCUT2D eigenvalue weighted by Gasteiger charge is 2.30. The number of nitrogens with two attached hydrogens (primary N) is 2. The van der Waals surface area contributed by atoms with Gasteiger partial charge in [-0.3, -0.25) is 10.1 Å². The number of nitrogens with one attached hydrogen (secondary N) is 1. The van der Waals surface area contributed by atoms with E-state index in [1.165, 1.54) is 0 Å². The van der Waals surface area contributed by atoms with E-state index in [9.17, 15) is 14.4 Å². The molecule has 0 bridgehead atoms. The molecular weight excluding hydrogens is 428 g/mol. The van der Waals surface area contributed by atoms with Crippen LogP contribution in [0.5, 0.6) is 0 Å². The maximum atomic E-state index is 13.1. The van der Waals surface area contributed by atoms with Gasteiger partial charge in [-0.05, 0) is 53.0 Å². The summed E-state index contributed by atoms with van der Waals surface area (Å²) in [6, 6.07) is 0. The fourth-order valence-corrected chi connectivity index (χ4v) is 2.82. The van der Waals surface area contributed by atoms with Gasteiger partial charge in [-0.25, -0.2) is 14.6 Å². The highest BCUT2D eigenvalue weighted by atomic mass is 16.6. The second-order valence-corrected chi connectivity index (χ2v) is 8.64. The second kappa shape index (κ2) is 13.4. The molecule has 11 nitrogen and oxygen atoms in total. The number of esters is 1. The lowest BCUT2D eigenvalue weighted by molar-refractivity contribution is -0.150. The number of hydrogen-bond acceptors (Lipinski definition) is 6. The SMILES string of the molecule is [2H]C([2H])([2H])N1C(=NC(=O)OC(C)(C)C)NC(=O)CCCCCCC/C=C/C(C)OC(=O)C1N=C(N)N. The number of carbonyl (C=O) groups is 3. The fourth-order valence-electron chi connectivity index (χ4n) is 2.82. The number of amides is 2. The number of guanidine groups is 2. The molecular formula is C22H38N6O5. The molecule has 0 aliphatic carbocycles. The van der Waals surface area contributed by atoms with Crippen LogP contribution >= 0.6 is 0 Å². The number of likely N-dealkylation sites (N-methyl/N-ethyl adjacent to an activating group) is 1. The molecule has 0 fully saturated rings. The fraction of sp³-hybridized carbons (Fsp3) is 0.682. The van der Waals surface area contributed by atoms with E-state index in [4.69, 9.17) is 25.1 Å². The van der Waals surface area contributed by atoms with Crippen molar-refractivity contribution >= 4 is 29.9 Å². The Hall–Kier alpha value is -3.11. The lowest BCUT2D eigenvalue weighted by atomic mass is 10.1. The predicted molar refractivity (Wildman–Crippen MR) is 126 cm³/mol. The predicted octanol–water partition coefficient (Wildman–Crippen LogP) is 2.16. The maximum absolute atomic E-state index is 13.1. The van der Waals surface area contributed by atoms with E-state index in [0.717, 1.165) is 32.1 Å². The van der Waals surface area contributed by atoms with E-state index in [0.29, 0.717) is 11.3 Å². The minimum Gasteiger partial charge on any atom is -0.455 e. The number of cyclic esters (lactones) is 1. The first-order valence-corrected chi connectivity index (χ1v) is 11.0. The van der Waals surface area contributed by atoms with E-state index < -0.39 is 54.7 Å². The molecule has 0 spiro atoms. The summed E-state index contributed by atoms with van der Waals surface area (Å²) in [5.74, 6) is -3.13. The molecule has 0 saturated heterocycles. The first kappa shape index (κ1) is 23.1. The number of ether oxygens (including phenoxy) is 2. The summed E-state index contributed by atoms with van der Waals surface area (Å²) >= 11 is 0. The third-order valence-electron chi connectivity index (χ3n) is 4.28. The van der Waals surface area contributed by atoms with Crippen LogP contribution in [0.2, 0.25) is 0 Å². The summed E-state index contributed by atoms with van der Waals surface area (Å²) in [7, 11) is 0. The third kappa shape index (κ3) is 11.9. The minimum atomic E-state index is -3.14. The molecule has 0 radical (unpaired) electrons. The van der Waals surface area contributed by atoms with Crippen LogP contribution in [0.3, 0.4) is 0 Å². The molecule has 0 aromatic heterocycles. The lowest BCUT2D eigenvalue weighted by Gasteiger charge is -2.27. The monoisotopic (exact) mass is 469 g/mol. The van der Waals surface area contributed by atoms with Gasteiger partial charge in [0, 0.05) is 17.5 Å². The van der Waals surface area contributed by atoms with E-state index in [-0.39, 0.29) is 6.42 Å². The summed E-state index contributed by atoms with van der Waals surface area (Å²) in [6.07, 6.45) is 4.56. The number of allylic oxidation sites excluding steroid dienone is 1. The van der Waals surface area contributed by atoms with Gasteiger partial charge in [-0.15, -0.1) is 4.99 Å². The van der Waals surface area contributed by atoms with Crippen molar-refractivity contribution in [2.75, 3.05) is 6.98 Å². The molecule has 0 saturated carbocycles. The first-order chi connectivity index (χ1) is 16.6. The Kier molecular flexibility index (Phi) is 9.39. The van der Waals surface area contributed by atoms with Crippen molar-refractivity contribution in [3.63, 3.8) is 0 Å². The van der Waals surface area contributed by atoms with Gasteiger partial charge in [-0.2, -0.15) is 0 Å². The quantitative estimate of drug-likeness (QED) is 0.228. The van der Waals surface area contributed by atoms with Crippen molar-refractivity contribution in [2.24, 2.45) is 21.5 Å². The summed E-state index contributed by atoms with van der Waals surface area (Å²) < 4.78 is 34.6. The van der Waals surface area contributed by atoms with Gasteiger partial charge >= 0.3 is 12.1 Å². The third-order valence-corrected chi connectivity index (χ3v) is 4.28. The topological polar surface area (TPSA) is 162 Å². The van der Waals surface area contributed by atoms with E-state index in [2.05, 4.69) is 15.3 Å². The van der Waals surface area contributed by atoms with E-state index in [1.54, 1.807) is 33.8 Å². The molecule has 186 valence electrons. The number of carbonyl (C=O) groups excluding carboxylic acids is 3. The summed E-state index contributed by atoms with van der Waals surface area (Å²) in [4.78, 5) is 46.0. The van der Waals surface area contributed by atoms with Crippen LogP contribution < -0.4 is 16.8 Å². The van der Waals surface area contributed by atoms with Crippen molar-refractivity contribution in [1.29, 1.82) is 0 Å². The molecule has 33 heavy (non-hydrogen) atoms. The van der Waals surface area contributed by atoms with Crippen LogP contribution in [0.25, 0.3) is 0 Å². The molecule has 5 N–H and O–H groups in total. The van der Waals surface area contributed by atoms with Crippen molar-refractivity contribution in [3.05, 3.63) is 12.2 Å². The molecule has 1 aliphatic rings. The van der Waals surface area contributed by atoms with Crippen LogP contribution in [0.15, 0.2) is 22.1 Å². The average molecular weight is 470 g/mol. The highest BCUT2D eigenvalue weighted by Crippen LogP contribution is 2.12.